The lowest BCUT2D eigenvalue weighted by Gasteiger charge is -2.22. The van der Waals surface area contributed by atoms with E-state index in [2.05, 4.69) is 34.5 Å². The minimum Gasteiger partial charge on any atom is -0.342 e. The Kier molecular flexibility index (Phi) is 4.12. The highest BCUT2D eigenvalue weighted by Crippen LogP contribution is 2.62. The summed E-state index contributed by atoms with van der Waals surface area (Å²) in [5.41, 5.74) is 3.17. The minimum atomic E-state index is 0. The predicted molar refractivity (Wildman–Crippen MR) is 97.5 cm³/mol. The van der Waals surface area contributed by atoms with Crippen LogP contribution < -0.4 is 5.32 Å². The van der Waals surface area contributed by atoms with Gasteiger partial charge in [-0.3, -0.25) is 4.79 Å². The third-order valence-electron chi connectivity index (χ3n) is 7.10. The van der Waals surface area contributed by atoms with E-state index in [0.29, 0.717) is 5.91 Å². The molecule has 5 rings (SSSR count). The molecule has 2 aliphatic carbocycles. The van der Waals surface area contributed by atoms with Gasteiger partial charge in [0, 0.05) is 24.4 Å². The summed E-state index contributed by atoms with van der Waals surface area (Å²) in [5, 5.41) is 3.52. The molecule has 1 aromatic carbocycles. The Morgan fingerprint density at radius 3 is 2.58 bits per heavy atom. The van der Waals surface area contributed by atoms with Gasteiger partial charge in [-0.25, -0.2) is 0 Å². The van der Waals surface area contributed by atoms with Crippen LogP contribution in [0.4, 0.5) is 0 Å². The zero-order valence-corrected chi connectivity index (χ0v) is 15.0. The molecule has 130 valence electrons. The van der Waals surface area contributed by atoms with Gasteiger partial charge in [0.05, 0.1) is 0 Å². The highest BCUT2D eigenvalue weighted by Gasteiger charge is 2.62. The van der Waals surface area contributed by atoms with Crippen molar-refractivity contribution in [2.24, 2.45) is 17.8 Å². The molecule has 0 radical (unpaired) electrons. The fourth-order valence-corrected chi connectivity index (χ4v) is 5.58. The molecule has 0 bridgehead atoms. The topological polar surface area (TPSA) is 32.3 Å². The number of halogens is 1. The second-order valence-electron chi connectivity index (χ2n) is 8.15. The number of nitrogens with zero attached hydrogens (tertiary/aromatic N) is 1. The molecule has 4 heteroatoms. The van der Waals surface area contributed by atoms with E-state index in [4.69, 9.17) is 0 Å². The Bertz CT molecular complexity index is 634. The predicted octanol–water partition coefficient (Wildman–Crippen LogP) is 2.77. The van der Waals surface area contributed by atoms with E-state index in [-0.39, 0.29) is 23.7 Å². The third kappa shape index (κ3) is 2.40. The minimum absolute atomic E-state index is 0. The van der Waals surface area contributed by atoms with Crippen LogP contribution in [0, 0.1) is 17.8 Å². The molecule has 1 spiro atoms. The molecule has 1 saturated carbocycles. The van der Waals surface area contributed by atoms with Crippen molar-refractivity contribution in [3.63, 3.8) is 0 Å². The van der Waals surface area contributed by atoms with E-state index in [9.17, 15) is 4.79 Å². The van der Waals surface area contributed by atoms with Crippen LogP contribution in [0.15, 0.2) is 24.3 Å². The molecule has 2 unspecified atom stereocenters. The maximum Gasteiger partial charge on any atom is 0.226 e. The highest BCUT2D eigenvalue weighted by atomic mass is 35.5. The van der Waals surface area contributed by atoms with Gasteiger partial charge in [-0.15, -0.1) is 12.4 Å². The number of carbonyl (C=O) groups excluding carboxylic acids is 1. The summed E-state index contributed by atoms with van der Waals surface area (Å²) >= 11 is 0. The van der Waals surface area contributed by atoms with Crippen molar-refractivity contribution >= 4 is 18.3 Å². The summed E-state index contributed by atoms with van der Waals surface area (Å²) in [6.07, 6.45) is 5.83. The smallest absolute Gasteiger partial charge is 0.226 e. The van der Waals surface area contributed by atoms with Gasteiger partial charge in [-0.05, 0) is 68.2 Å². The van der Waals surface area contributed by atoms with E-state index in [1.165, 1.54) is 30.4 Å². The molecule has 24 heavy (non-hydrogen) atoms. The average Bonchev–Trinajstić information content (AvgIpc) is 3.05. The molecule has 1 N–H and O–H groups in total. The average molecular weight is 347 g/mol. The van der Waals surface area contributed by atoms with Crippen LogP contribution in [0.1, 0.15) is 36.8 Å². The molecule has 4 aliphatic rings. The lowest BCUT2D eigenvalue weighted by atomic mass is 9.92. The quantitative estimate of drug-likeness (QED) is 0.848. The summed E-state index contributed by atoms with van der Waals surface area (Å²) in [5.74, 6) is 2.32. The van der Waals surface area contributed by atoms with Crippen molar-refractivity contribution in [3.05, 3.63) is 35.4 Å². The summed E-state index contributed by atoms with van der Waals surface area (Å²) in [6.45, 7) is 4.28. The van der Waals surface area contributed by atoms with Gasteiger partial charge in [0.2, 0.25) is 5.91 Å². The number of hydrogen-bond donors (Lipinski definition) is 1. The second-order valence-corrected chi connectivity index (χ2v) is 8.15. The Labute approximate surface area is 150 Å². The van der Waals surface area contributed by atoms with E-state index in [1.807, 2.05) is 0 Å². The van der Waals surface area contributed by atoms with Crippen LogP contribution in [0.2, 0.25) is 0 Å². The normalized spacial score (nSPS) is 36.7. The van der Waals surface area contributed by atoms with Crippen molar-refractivity contribution in [1.82, 2.24) is 10.2 Å². The van der Waals surface area contributed by atoms with Crippen molar-refractivity contribution in [2.75, 3.05) is 26.2 Å². The zero-order chi connectivity index (χ0) is 15.4. The maximum absolute atomic E-state index is 13.1. The number of benzene rings is 1. The Hall–Kier alpha value is -1.06. The van der Waals surface area contributed by atoms with Gasteiger partial charge in [0.15, 0.2) is 0 Å². The molecular formula is C20H27ClN2O. The number of carbonyl (C=O) groups is 1. The van der Waals surface area contributed by atoms with Crippen molar-refractivity contribution in [1.29, 1.82) is 0 Å². The molecule has 1 amide bonds. The molecule has 2 aliphatic heterocycles. The molecule has 3 fully saturated rings. The van der Waals surface area contributed by atoms with Gasteiger partial charge >= 0.3 is 0 Å². The van der Waals surface area contributed by atoms with Crippen LogP contribution in [-0.2, 0) is 16.6 Å². The van der Waals surface area contributed by atoms with E-state index in [0.717, 1.165) is 50.9 Å². The van der Waals surface area contributed by atoms with Gasteiger partial charge < -0.3 is 10.2 Å². The molecule has 4 atom stereocenters. The van der Waals surface area contributed by atoms with Crippen molar-refractivity contribution in [3.8, 4) is 0 Å². The first-order valence-electron chi connectivity index (χ1n) is 9.36. The van der Waals surface area contributed by atoms with Gasteiger partial charge in [-0.1, -0.05) is 24.3 Å². The molecular weight excluding hydrogens is 320 g/mol. The number of nitrogens with one attached hydrogen (secondary N) is 1. The SMILES string of the molecule is Cl.O=C(C1CC12CCc1ccccc12)N1CC[C@@H]2CNC[C@@H]2CC1. The largest absolute Gasteiger partial charge is 0.342 e. The zero-order valence-electron chi connectivity index (χ0n) is 14.2. The summed E-state index contributed by atoms with van der Waals surface area (Å²) in [6, 6.07) is 8.81. The number of aryl methyl sites for hydroxylation is 1. The van der Waals surface area contributed by atoms with Gasteiger partial charge in [0.25, 0.3) is 0 Å². The summed E-state index contributed by atoms with van der Waals surface area (Å²) in [7, 11) is 0. The standard InChI is InChI=1S/C20H26N2O.ClH/c23-19(22-9-6-15-12-21-13-16(15)7-10-22)18-11-20(18)8-5-14-3-1-2-4-17(14)20;/h1-4,15-16,18,21H,5-13H2;1H/t15-,16+,18?,20?;. The van der Waals surface area contributed by atoms with Crippen molar-refractivity contribution in [2.45, 2.75) is 37.5 Å². The number of rotatable bonds is 1. The first kappa shape index (κ1) is 16.4. The number of hydrogen-bond acceptors (Lipinski definition) is 2. The van der Waals surface area contributed by atoms with Crippen molar-refractivity contribution < 1.29 is 4.79 Å². The fourth-order valence-electron chi connectivity index (χ4n) is 5.58. The van der Waals surface area contributed by atoms with Crippen LogP contribution in [0.25, 0.3) is 0 Å². The molecule has 3 nitrogen and oxygen atoms in total. The van der Waals surface area contributed by atoms with E-state index < -0.39 is 0 Å². The Morgan fingerprint density at radius 2 is 1.83 bits per heavy atom. The first-order chi connectivity index (χ1) is 11.3. The van der Waals surface area contributed by atoms with Crippen LogP contribution >= 0.6 is 12.4 Å². The van der Waals surface area contributed by atoms with E-state index in [1.54, 1.807) is 0 Å². The number of amides is 1. The maximum atomic E-state index is 13.1. The first-order valence-corrected chi connectivity index (χ1v) is 9.36. The Balaban J connectivity index is 0.00000146. The Morgan fingerprint density at radius 1 is 1.12 bits per heavy atom. The van der Waals surface area contributed by atoms with Crippen LogP contribution in [0.3, 0.4) is 0 Å². The number of fused-ring (bicyclic) bond motifs is 3. The monoisotopic (exact) mass is 346 g/mol. The molecule has 2 saturated heterocycles. The van der Waals surface area contributed by atoms with Crippen LogP contribution in [-0.4, -0.2) is 37.0 Å². The lowest BCUT2D eigenvalue weighted by Crippen LogP contribution is -2.35. The van der Waals surface area contributed by atoms with Crippen LogP contribution in [0.5, 0.6) is 0 Å². The second kappa shape index (κ2) is 6.03. The van der Waals surface area contributed by atoms with E-state index >= 15 is 0 Å². The fraction of sp³-hybridized carbons (Fsp3) is 0.650. The van der Waals surface area contributed by atoms with Gasteiger partial charge in [-0.2, -0.15) is 0 Å². The highest BCUT2D eigenvalue weighted by molar-refractivity contribution is 5.85. The molecule has 1 aromatic rings. The number of likely N-dealkylation sites (tertiary alicyclic amines) is 1. The third-order valence-corrected chi connectivity index (χ3v) is 7.10. The molecule has 0 aromatic heterocycles. The van der Waals surface area contributed by atoms with Gasteiger partial charge in [0.1, 0.15) is 0 Å². The summed E-state index contributed by atoms with van der Waals surface area (Å²) in [4.78, 5) is 15.3. The lowest BCUT2D eigenvalue weighted by molar-refractivity contribution is -0.133. The summed E-state index contributed by atoms with van der Waals surface area (Å²) < 4.78 is 0. The molecule has 2 heterocycles.